The maximum atomic E-state index is 13.2. The number of aryl methyl sites for hydroxylation is 1. The van der Waals surface area contributed by atoms with Gasteiger partial charge >= 0.3 is 0 Å². The minimum atomic E-state index is -0.925. The van der Waals surface area contributed by atoms with Crippen LogP contribution in [0.4, 0.5) is 8.78 Å². The Morgan fingerprint density at radius 1 is 1.17 bits per heavy atom. The summed E-state index contributed by atoms with van der Waals surface area (Å²) in [6.07, 6.45) is 0.699. The van der Waals surface area contributed by atoms with Gasteiger partial charge in [0.25, 0.3) is 0 Å². The molecule has 0 aliphatic heterocycles. The largest absolute Gasteiger partial charge is 0.233 e. The summed E-state index contributed by atoms with van der Waals surface area (Å²) in [7, 11) is 0. The van der Waals surface area contributed by atoms with Gasteiger partial charge in [-0.1, -0.05) is 18.5 Å². The van der Waals surface area contributed by atoms with Crippen LogP contribution in [0.1, 0.15) is 18.2 Å². The molecule has 0 spiro atoms. The van der Waals surface area contributed by atoms with Crippen molar-refractivity contribution in [2.24, 2.45) is 0 Å². The topological polar surface area (TPSA) is 25.8 Å². The van der Waals surface area contributed by atoms with Crippen molar-refractivity contribution in [2.75, 3.05) is 0 Å². The first-order valence-electron chi connectivity index (χ1n) is 5.51. The standard InChI is InChI=1S/C13H11ClF2N2/c1-3-11-7(2)12(14)18-13(17-11)8-4-5-9(15)10(16)6-8/h4-6H,3H2,1-2H3. The first-order chi connectivity index (χ1) is 8.52. The first kappa shape index (κ1) is 12.9. The van der Waals surface area contributed by atoms with Crippen LogP contribution in [0.25, 0.3) is 11.4 Å². The fourth-order valence-corrected chi connectivity index (χ4v) is 1.83. The van der Waals surface area contributed by atoms with E-state index in [1.807, 2.05) is 13.8 Å². The predicted molar refractivity (Wildman–Crippen MR) is 66.5 cm³/mol. The van der Waals surface area contributed by atoms with Crippen molar-refractivity contribution in [3.8, 4) is 11.4 Å². The van der Waals surface area contributed by atoms with Crippen LogP contribution in [-0.2, 0) is 6.42 Å². The zero-order valence-corrected chi connectivity index (χ0v) is 10.7. The van der Waals surface area contributed by atoms with Gasteiger partial charge in [-0.2, -0.15) is 0 Å². The second kappa shape index (κ2) is 4.98. The van der Waals surface area contributed by atoms with E-state index in [0.29, 0.717) is 23.0 Å². The van der Waals surface area contributed by atoms with Gasteiger partial charge in [0.05, 0.1) is 0 Å². The van der Waals surface area contributed by atoms with E-state index >= 15 is 0 Å². The van der Waals surface area contributed by atoms with Crippen molar-refractivity contribution in [1.82, 2.24) is 9.97 Å². The van der Waals surface area contributed by atoms with Gasteiger partial charge in [-0.15, -0.1) is 0 Å². The lowest BCUT2D eigenvalue weighted by molar-refractivity contribution is 0.509. The number of nitrogens with zero attached hydrogens (tertiary/aromatic N) is 2. The third-order valence-corrected chi connectivity index (χ3v) is 3.07. The Balaban J connectivity index is 2.57. The molecule has 1 aromatic heterocycles. The lowest BCUT2D eigenvalue weighted by Gasteiger charge is -2.07. The molecule has 18 heavy (non-hydrogen) atoms. The summed E-state index contributed by atoms with van der Waals surface area (Å²) in [4.78, 5) is 8.40. The van der Waals surface area contributed by atoms with E-state index in [9.17, 15) is 8.78 Å². The molecule has 1 aromatic carbocycles. The van der Waals surface area contributed by atoms with Gasteiger partial charge in [0.15, 0.2) is 17.5 Å². The molecule has 2 rings (SSSR count). The number of aromatic nitrogens is 2. The molecule has 0 amide bonds. The Morgan fingerprint density at radius 2 is 1.89 bits per heavy atom. The highest BCUT2D eigenvalue weighted by atomic mass is 35.5. The molecule has 5 heteroatoms. The Hall–Kier alpha value is -1.55. The molecule has 0 saturated carbocycles. The molecule has 2 nitrogen and oxygen atoms in total. The summed E-state index contributed by atoms with van der Waals surface area (Å²) in [6.45, 7) is 3.77. The molecule has 94 valence electrons. The highest BCUT2D eigenvalue weighted by Gasteiger charge is 2.11. The van der Waals surface area contributed by atoms with Gasteiger partial charge in [0.1, 0.15) is 5.15 Å². The molecule has 0 radical (unpaired) electrons. The van der Waals surface area contributed by atoms with Crippen LogP contribution in [0.3, 0.4) is 0 Å². The molecular formula is C13H11ClF2N2. The lowest BCUT2D eigenvalue weighted by atomic mass is 10.1. The summed E-state index contributed by atoms with van der Waals surface area (Å²) in [5.74, 6) is -1.51. The summed E-state index contributed by atoms with van der Waals surface area (Å²) < 4.78 is 26.0. The predicted octanol–water partition coefficient (Wildman–Crippen LogP) is 3.95. The van der Waals surface area contributed by atoms with E-state index in [1.54, 1.807) is 0 Å². The summed E-state index contributed by atoms with van der Waals surface area (Å²) >= 11 is 6.00. The Bertz CT molecular complexity index is 600. The van der Waals surface area contributed by atoms with Gasteiger partial charge in [-0.25, -0.2) is 18.7 Å². The quantitative estimate of drug-likeness (QED) is 0.771. The van der Waals surface area contributed by atoms with Crippen LogP contribution in [-0.4, -0.2) is 9.97 Å². The molecule has 0 atom stereocenters. The maximum Gasteiger partial charge on any atom is 0.161 e. The molecule has 1 heterocycles. The summed E-state index contributed by atoms with van der Waals surface area (Å²) in [5, 5.41) is 0.335. The molecule has 0 unspecified atom stereocenters. The monoisotopic (exact) mass is 268 g/mol. The van der Waals surface area contributed by atoms with Gasteiger partial charge in [-0.05, 0) is 31.5 Å². The van der Waals surface area contributed by atoms with Crippen LogP contribution >= 0.6 is 11.6 Å². The Labute approximate surface area is 109 Å². The molecule has 0 N–H and O–H groups in total. The zero-order valence-electron chi connectivity index (χ0n) is 9.97. The van der Waals surface area contributed by atoms with Crippen LogP contribution < -0.4 is 0 Å². The number of hydrogen-bond donors (Lipinski definition) is 0. The fraction of sp³-hybridized carbons (Fsp3) is 0.231. The van der Waals surface area contributed by atoms with Crippen molar-refractivity contribution >= 4 is 11.6 Å². The molecule has 0 bridgehead atoms. The van der Waals surface area contributed by atoms with E-state index in [1.165, 1.54) is 6.07 Å². The van der Waals surface area contributed by atoms with Gasteiger partial charge in [0.2, 0.25) is 0 Å². The normalized spacial score (nSPS) is 10.7. The van der Waals surface area contributed by atoms with Crippen LogP contribution in [0.15, 0.2) is 18.2 Å². The van der Waals surface area contributed by atoms with Crippen molar-refractivity contribution < 1.29 is 8.78 Å². The Morgan fingerprint density at radius 3 is 2.50 bits per heavy atom. The molecule has 0 saturated heterocycles. The highest BCUT2D eigenvalue weighted by molar-refractivity contribution is 6.30. The average Bonchev–Trinajstić information content (AvgIpc) is 2.36. The SMILES string of the molecule is CCc1nc(-c2ccc(F)c(F)c2)nc(Cl)c1C. The number of hydrogen-bond acceptors (Lipinski definition) is 2. The van der Waals surface area contributed by atoms with Crippen LogP contribution in [0.5, 0.6) is 0 Å². The third-order valence-electron chi connectivity index (χ3n) is 2.70. The second-order valence-corrected chi connectivity index (χ2v) is 4.25. The molecule has 0 aliphatic rings. The van der Waals surface area contributed by atoms with Gasteiger partial charge in [-0.3, -0.25) is 0 Å². The minimum Gasteiger partial charge on any atom is -0.233 e. The van der Waals surface area contributed by atoms with E-state index in [4.69, 9.17) is 11.6 Å². The maximum absolute atomic E-state index is 13.2. The molecule has 2 aromatic rings. The third kappa shape index (κ3) is 2.34. The smallest absolute Gasteiger partial charge is 0.161 e. The number of rotatable bonds is 2. The molecule has 0 aliphatic carbocycles. The van der Waals surface area contributed by atoms with Crippen molar-refractivity contribution in [3.05, 3.63) is 46.2 Å². The van der Waals surface area contributed by atoms with E-state index in [2.05, 4.69) is 9.97 Å². The zero-order chi connectivity index (χ0) is 13.3. The van der Waals surface area contributed by atoms with Crippen LogP contribution in [0, 0.1) is 18.6 Å². The summed E-state index contributed by atoms with van der Waals surface area (Å²) in [6, 6.07) is 3.54. The van der Waals surface area contributed by atoms with Crippen molar-refractivity contribution in [3.63, 3.8) is 0 Å². The van der Waals surface area contributed by atoms with E-state index < -0.39 is 11.6 Å². The first-order valence-corrected chi connectivity index (χ1v) is 5.89. The number of halogens is 3. The lowest BCUT2D eigenvalue weighted by Crippen LogP contribution is -2.00. The Kier molecular flexibility index (Phi) is 3.57. The van der Waals surface area contributed by atoms with Crippen molar-refractivity contribution in [1.29, 1.82) is 0 Å². The summed E-state index contributed by atoms with van der Waals surface area (Å²) in [5.41, 5.74) is 2.02. The minimum absolute atomic E-state index is 0.307. The van der Waals surface area contributed by atoms with Gasteiger partial charge < -0.3 is 0 Å². The van der Waals surface area contributed by atoms with E-state index in [-0.39, 0.29) is 0 Å². The second-order valence-electron chi connectivity index (χ2n) is 3.89. The fourth-order valence-electron chi connectivity index (χ4n) is 1.64. The molecular weight excluding hydrogens is 258 g/mol. The van der Waals surface area contributed by atoms with Crippen LogP contribution in [0.2, 0.25) is 5.15 Å². The average molecular weight is 269 g/mol. The molecule has 0 fully saturated rings. The number of benzene rings is 1. The van der Waals surface area contributed by atoms with Crippen molar-refractivity contribution in [2.45, 2.75) is 20.3 Å². The highest BCUT2D eigenvalue weighted by Crippen LogP contribution is 2.23. The van der Waals surface area contributed by atoms with Gasteiger partial charge in [0, 0.05) is 16.8 Å². The van der Waals surface area contributed by atoms with E-state index in [0.717, 1.165) is 23.4 Å².